The van der Waals surface area contributed by atoms with Crippen LogP contribution in [0.1, 0.15) is 5.56 Å². The number of hydrogen-bond donors (Lipinski definition) is 2. The highest BCUT2D eigenvalue weighted by Crippen LogP contribution is 2.27. The molecule has 0 amide bonds. The third-order valence-corrected chi connectivity index (χ3v) is 3.53. The second kappa shape index (κ2) is 5.04. The first-order valence-corrected chi connectivity index (χ1v) is 6.53. The number of rotatable bonds is 2. The van der Waals surface area contributed by atoms with Crippen LogP contribution in [0.5, 0.6) is 0 Å². The van der Waals surface area contributed by atoms with E-state index in [-0.39, 0.29) is 0 Å². The number of benzene rings is 2. The van der Waals surface area contributed by atoms with Crippen molar-refractivity contribution in [2.45, 2.75) is 0 Å². The van der Waals surface area contributed by atoms with Gasteiger partial charge in [0.15, 0.2) is 0 Å². The van der Waals surface area contributed by atoms with Gasteiger partial charge in [-0.15, -0.1) is 0 Å². The third-order valence-electron chi connectivity index (χ3n) is 2.79. The van der Waals surface area contributed by atoms with E-state index < -0.39 is 0 Å². The van der Waals surface area contributed by atoms with Crippen LogP contribution in [-0.2, 0) is 0 Å². The van der Waals surface area contributed by atoms with Crippen molar-refractivity contribution in [1.82, 2.24) is 9.97 Å². The van der Waals surface area contributed by atoms with Gasteiger partial charge in [0.25, 0.3) is 0 Å². The first-order valence-electron chi connectivity index (χ1n) is 5.77. The van der Waals surface area contributed by atoms with Gasteiger partial charge in [-0.2, -0.15) is 5.26 Å². The Kier molecular flexibility index (Phi) is 3.23. The average molecular weight is 303 g/mol. The Hall–Kier alpha value is -2.22. The van der Waals surface area contributed by atoms with Crippen molar-refractivity contribution in [1.29, 1.82) is 5.26 Å². The standard InChI is InChI=1S/C14H8Cl2N4/c15-10-3-2-9(6-11(10)16)18-14-19-12-4-1-8(7-17)5-13(12)20-14/h1-6H,(H2,18,19,20). The van der Waals surface area contributed by atoms with Gasteiger partial charge in [0.05, 0.1) is 32.7 Å². The van der Waals surface area contributed by atoms with Crippen LogP contribution in [-0.4, -0.2) is 9.97 Å². The molecule has 3 aromatic rings. The fourth-order valence-electron chi connectivity index (χ4n) is 1.85. The maximum atomic E-state index is 8.87. The van der Waals surface area contributed by atoms with Gasteiger partial charge in [-0.3, -0.25) is 0 Å². The topological polar surface area (TPSA) is 64.5 Å². The molecule has 0 unspecified atom stereocenters. The minimum atomic E-state index is 0.472. The number of aromatic nitrogens is 2. The summed E-state index contributed by atoms with van der Waals surface area (Å²) in [6.45, 7) is 0. The first-order chi connectivity index (χ1) is 9.65. The number of fused-ring (bicyclic) bond motifs is 1. The first kappa shape index (κ1) is 12.8. The molecular weight excluding hydrogens is 295 g/mol. The molecule has 1 aromatic heterocycles. The molecule has 0 fully saturated rings. The maximum absolute atomic E-state index is 8.87. The van der Waals surface area contributed by atoms with Gasteiger partial charge in [-0.05, 0) is 36.4 Å². The van der Waals surface area contributed by atoms with Crippen molar-refractivity contribution in [3.63, 3.8) is 0 Å². The van der Waals surface area contributed by atoms with E-state index in [1.807, 2.05) is 6.07 Å². The molecule has 20 heavy (non-hydrogen) atoms. The van der Waals surface area contributed by atoms with Gasteiger partial charge in [0.2, 0.25) is 5.95 Å². The molecule has 4 nitrogen and oxygen atoms in total. The summed E-state index contributed by atoms with van der Waals surface area (Å²) < 4.78 is 0. The maximum Gasteiger partial charge on any atom is 0.205 e. The summed E-state index contributed by atoms with van der Waals surface area (Å²) in [5.41, 5.74) is 2.94. The number of nitriles is 1. The number of anilines is 2. The van der Waals surface area contributed by atoms with Gasteiger partial charge in [0.1, 0.15) is 0 Å². The molecule has 0 spiro atoms. The van der Waals surface area contributed by atoms with E-state index in [1.165, 1.54) is 0 Å². The molecule has 3 rings (SSSR count). The van der Waals surface area contributed by atoms with Crippen molar-refractivity contribution in [2.75, 3.05) is 5.32 Å². The molecule has 6 heteroatoms. The Labute approximate surface area is 125 Å². The smallest absolute Gasteiger partial charge is 0.205 e. The third kappa shape index (κ3) is 2.42. The predicted molar refractivity (Wildman–Crippen MR) is 80.6 cm³/mol. The number of nitrogens with one attached hydrogen (secondary N) is 2. The van der Waals surface area contributed by atoms with Gasteiger partial charge in [-0.1, -0.05) is 23.2 Å². The molecular formula is C14H8Cl2N4. The lowest BCUT2D eigenvalue weighted by atomic mass is 10.2. The van der Waals surface area contributed by atoms with Crippen LogP contribution in [0.15, 0.2) is 36.4 Å². The number of nitrogens with zero attached hydrogens (tertiary/aromatic N) is 2. The fourth-order valence-corrected chi connectivity index (χ4v) is 2.15. The number of imidazole rings is 1. The van der Waals surface area contributed by atoms with E-state index in [1.54, 1.807) is 30.3 Å². The summed E-state index contributed by atoms with van der Waals surface area (Å²) in [7, 11) is 0. The zero-order chi connectivity index (χ0) is 14.1. The van der Waals surface area contributed by atoms with Crippen molar-refractivity contribution in [3.05, 3.63) is 52.0 Å². The highest BCUT2D eigenvalue weighted by atomic mass is 35.5. The fraction of sp³-hybridized carbons (Fsp3) is 0. The van der Waals surface area contributed by atoms with Crippen LogP contribution < -0.4 is 5.32 Å². The molecule has 0 saturated carbocycles. The van der Waals surface area contributed by atoms with Crippen LogP contribution >= 0.6 is 23.2 Å². The van der Waals surface area contributed by atoms with E-state index in [9.17, 15) is 0 Å². The van der Waals surface area contributed by atoms with Crippen LogP contribution in [0.2, 0.25) is 10.0 Å². The summed E-state index contributed by atoms with van der Waals surface area (Å²) >= 11 is 11.8. The molecule has 2 aromatic carbocycles. The summed E-state index contributed by atoms with van der Waals surface area (Å²) in [6.07, 6.45) is 0. The van der Waals surface area contributed by atoms with Crippen molar-refractivity contribution in [2.24, 2.45) is 0 Å². The Morgan fingerprint density at radius 1 is 1.10 bits per heavy atom. The monoisotopic (exact) mass is 302 g/mol. The van der Waals surface area contributed by atoms with Gasteiger partial charge in [0, 0.05) is 5.69 Å². The van der Waals surface area contributed by atoms with E-state index in [2.05, 4.69) is 21.4 Å². The molecule has 98 valence electrons. The van der Waals surface area contributed by atoms with Gasteiger partial charge < -0.3 is 10.3 Å². The quantitative estimate of drug-likeness (QED) is 0.733. The second-order valence-electron chi connectivity index (χ2n) is 4.18. The zero-order valence-corrected chi connectivity index (χ0v) is 11.6. The lowest BCUT2D eigenvalue weighted by molar-refractivity contribution is 1.31. The molecule has 0 saturated heterocycles. The number of halogens is 2. The molecule has 0 bridgehead atoms. The summed E-state index contributed by atoms with van der Waals surface area (Å²) in [6, 6.07) is 12.6. The minimum Gasteiger partial charge on any atom is -0.326 e. The van der Waals surface area contributed by atoms with E-state index in [0.717, 1.165) is 16.7 Å². The Bertz CT molecular complexity index is 833. The number of hydrogen-bond acceptors (Lipinski definition) is 3. The second-order valence-corrected chi connectivity index (χ2v) is 5.00. The Balaban J connectivity index is 1.94. The van der Waals surface area contributed by atoms with Gasteiger partial charge >= 0.3 is 0 Å². The minimum absolute atomic E-state index is 0.472. The SMILES string of the molecule is N#Cc1ccc2nc(Nc3ccc(Cl)c(Cl)c3)[nH]c2c1. The highest BCUT2D eigenvalue weighted by Gasteiger charge is 2.05. The lowest BCUT2D eigenvalue weighted by Gasteiger charge is -2.03. The molecule has 0 radical (unpaired) electrons. The summed E-state index contributed by atoms with van der Waals surface area (Å²) in [5, 5.41) is 12.9. The molecule has 0 aliphatic rings. The van der Waals surface area contributed by atoms with Crippen LogP contribution in [0.3, 0.4) is 0 Å². The average Bonchev–Trinajstić information content (AvgIpc) is 2.84. The highest BCUT2D eigenvalue weighted by molar-refractivity contribution is 6.42. The van der Waals surface area contributed by atoms with Gasteiger partial charge in [-0.25, -0.2) is 4.98 Å². The number of aromatic amines is 1. The molecule has 0 aliphatic carbocycles. The van der Waals surface area contributed by atoms with Crippen molar-refractivity contribution < 1.29 is 0 Å². The van der Waals surface area contributed by atoms with Crippen LogP contribution in [0.25, 0.3) is 11.0 Å². The predicted octanol–water partition coefficient (Wildman–Crippen LogP) is 4.48. The van der Waals surface area contributed by atoms with E-state index in [0.29, 0.717) is 21.6 Å². The van der Waals surface area contributed by atoms with Crippen LogP contribution in [0.4, 0.5) is 11.6 Å². The summed E-state index contributed by atoms with van der Waals surface area (Å²) in [5.74, 6) is 0.577. The number of H-pyrrole nitrogens is 1. The van der Waals surface area contributed by atoms with E-state index >= 15 is 0 Å². The zero-order valence-electron chi connectivity index (χ0n) is 10.1. The largest absolute Gasteiger partial charge is 0.326 e. The molecule has 0 atom stereocenters. The van der Waals surface area contributed by atoms with Crippen LogP contribution in [0, 0.1) is 11.3 Å². The normalized spacial score (nSPS) is 10.4. The summed E-state index contributed by atoms with van der Waals surface area (Å²) in [4.78, 5) is 7.49. The molecule has 2 N–H and O–H groups in total. The molecule has 1 heterocycles. The Morgan fingerprint density at radius 2 is 1.95 bits per heavy atom. The van der Waals surface area contributed by atoms with E-state index in [4.69, 9.17) is 28.5 Å². The molecule has 0 aliphatic heterocycles. The Morgan fingerprint density at radius 3 is 2.70 bits per heavy atom. The van der Waals surface area contributed by atoms with Crippen molar-refractivity contribution in [3.8, 4) is 6.07 Å². The lowest BCUT2D eigenvalue weighted by Crippen LogP contribution is -1.91. The van der Waals surface area contributed by atoms with Crippen molar-refractivity contribution >= 4 is 45.9 Å².